The average molecular weight is 452 g/mol. The van der Waals surface area contributed by atoms with Gasteiger partial charge in [-0.25, -0.2) is 14.6 Å². The van der Waals surface area contributed by atoms with Crippen LogP contribution in [0.4, 0.5) is 18.0 Å². The number of H-pyrrole nitrogens is 1. The van der Waals surface area contributed by atoms with Gasteiger partial charge in [-0.05, 0) is 29.3 Å². The first kappa shape index (κ1) is 20.4. The van der Waals surface area contributed by atoms with Crippen molar-refractivity contribution in [2.75, 3.05) is 0 Å². The molecule has 2 aromatic carbocycles. The summed E-state index contributed by atoms with van der Waals surface area (Å²) in [7, 11) is 0. The van der Waals surface area contributed by atoms with Crippen molar-refractivity contribution in [3.05, 3.63) is 52.0 Å². The molecule has 0 unspecified atom stereocenters. The van der Waals surface area contributed by atoms with Gasteiger partial charge in [0.15, 0.2) is 5.82 Å². The second-order valence-corrected chi connectivity index (χ2v) is 7.02. The average Bonchev–Trinajstić information content (AvgIpc) is 3.34. The Morgan fingerprint density at radius 1 is 1.29 bits per heavy atom. The highest BCUT2D eigenvalue weighted by molar-refractivity contribution is 7.17. The van der Waals surface area contributed by atoms with Crippen molar-refractivity contribution in [2.45, 2.75) is 12.9 Å². The smallest absolute Gasteiger partial charge is 0.465 e. The van der Waals surface area contributed by atoms with E-state index in [9.17, 15) is 22.8 Å². The highest BCUT2D eigenvalue weighted by Gasteiger charge is 2.31. The number of benzene rings is 2. The molecule has 0 radical (unpaired) electrons. The molecule has 9 nitrogen and oxygen atoms in total. The predicted octanol–water partition coefficient (Wildman–Crippen LogP) is 3.97. The molecule has 2 aromatic heterocycles. The first-order valence-electron chi connectivity index (χ1n) is 8.49. The van der Waals surface area contributed by atoms with Crippen molar-refractivity contribution in [1.29, 1.82) is 0 Å². The van der Waals surface area contributed by atoms with E-state index in [1.807, 2.05) is 0 Å². The summed E-state index contributed by atoms with van der Waals surface area (Å²) in [6.07, 6.45) is -6.07. The van der Waals surface area contributed by atoms with Crippen LogP contribution < -0.4 is 15.8 Å². The molecule has 0 aliphatic carbocycles. The lowest BCUT2D eigenvalue weighted by Crippen LogP contribution is -2.20. The van der Waals surface area contributed by atoms with Crippen LogP contribution in [-0.2, 0) is 6.54 Å². The summed E-state index contributed by atoms with van der Waals surface area (Å²) in [6, 6.07) is 6.82. The predicted molar refractivity (Wildman–Crippen MR) is 103 cm³/mol. The second-order valence-electron chi connectivity index (χ2n) is 6.16. The van der Waals surface area contributed by atoms with Crippen LogP contribution in [0.3, 0.4) is 0 Å². The number of rotatable bonds is 5. The van der Waals surface area contributed by atoms with E-state index >= 15 is 0 Å². The number of aromatic amines is 1. The number of amides is 1. The molecule has 2 heterocycles. The van der Waals surface area contributed by atoms with Gasteiger partial charge in [0, 0.05) is 17.7 Å². The summed E-state index contributed by atoms with van der Waals surface area (Å²) in [5, 5.41) is 14.9. The van der Waals surface area contributed by atoms with Crippen molar-refractivity contribution in [1.82, 2.24) is 20.4 Å². The van der Waals surface area contributed by atoms with Gasteiger partial charge >= 0.3 is 18.2 Å². The van der Waals surface area contributed by atoms with E-state index < -0.39 is 18.2 Å². The fourth-order valence-corrected chi connectivity index (χ4v) is 3.92. The largest absolute Gasteiger partial charge is 0.573 e. The number of fused-ring (bicyclic) bond motifs is 1. The fourth-order valence-electron chi connectivity index (χ4n) is 3.04. The molecule has 0 saturated heterocycles. The Morgan fingerprint density at radius 2 is 2.03 bits per heavy atom. The standard InChI is InChI=1S/C18H11F3N4O5S/c19-18(20,21)29-10-3-1-8(2-4-10)11-5-9(6-22-16(26)27)12(14-13(11)23-7-31-14)15-24-17(28)30-25-15/h1-5,7,22H,6H2,(H,26,27)(H,24,25,28). The SMILES string of the molecule is O=C(O)NCc1cc(-c2ccc(OC(F)(F)F)cc2)c2ncsc2c1-c1noc(=O)[nH]1. The van der Waals surface area contributed by atoms with Gasteiger partial charge in [-0.3, -0.25) is 9.51 Å². The molecule has 0 atom stereocenters. The lowest BCUT2D eigenvalue weighted by atomic mass is 9.97. The minimum atomic E-state index is -4.81. The van der Waals surface area contributed by atoms with Crippen molar-refractivity contribution >= 4 is 27.6 Å². The molecule has 0 fully saturated rings. The summed E-state index contributed by atoms with van der Waals surface area (Å²) in [5.41, 5.74) is 4.00. The minimum Gasteiger partial charge on any atom is -0.465 e. The molecule has 1 amide bonds. The van der Waals surface area contributed by atoms with Crippen LogP contribution >= 0.6 is 11.3 Å². The van der Waals surface area contributed by atoms with Gasteiger partial charge in [0.2, 0.25) is 0 Å². The van der Waals surface area contributed by atoms with Crippen LogP contribution in [-0.4, -0.2) is 32.7 Å². The number of alkyl halides is 3. The molecule has 13 heteroatoms. The third-order valence-electron chi connectivity index (χ3n) is 4.20. The quantitative estimate of drug-likeness (QED) is 0.418. The number of halogens is 3. The zero-order chi connectivity index (χ0) is 22.2. The Bertz CT molecular complexity index is 1310. The molecule has 4 aromatic rings. The van der Waals surface area contributed by atoms with Gasteiger partial charge < -0.3 is 15.2 Å². The van der Waals surface area contributed by atoms with Gasteiger partial charge in [-0.2, -0.15) is 0 Å². The Morgan fingerprint density at radius 3 is 2.65 bits per heavy atom. The van der Waals surface area contributed by atoms with E-state index in [4.69, 9.17) is 5.11 Å². The maximum absolute atomic E-state index is 12.4. The Balaban J connectivity index is 1.86. The monoisotopic (exact) mass is 452 g/mol. The maximum Gasteiger partial charge on any atom is 0.573 e. The molecule has 3 N–H and O–H groups in total. The van der Waals surface area contributed by atoms with Gasteiger partial charge in [-0.15, -0.1) is 24.5 Å². The maximum atomic E-state index is 12.4. The molecule has 0 saturated carbocycles. The third-order valence-corrected chi connectivity index (χ3v) is 5.04. The summed E-state index contributed by atoms with van der Waals surface area (Å²) in [5.74, 6) is -1.06. The van der Waals surface area contributed by atoms with E-state index in [-0.39, 0.29) is 18.1 Å². The van der Waals surface area contributed by atoms with Crippen molar-refractivity contribution < 1.29 is 32.3 Å². The van der Waals surface area contributed by atoms with Crippen LogP contribution in [0.2, 0.25) is 0 Å². The summed E-state index contributed by atoms with van der Waals surface area (Å²) < 4.78 is 46.3. The highest BCUT2D eigenvalue weighted by Crippen LogP contribution is 2.39. The number of hydrogen-bond acceptors (Lipinski definition) is 7. The third kappa shape index (κ3) is 4.35. The summed E-state index contributed by atoms with van der Waals surface area (Å²) >= 11 is 1.22. The number of thiazole rings is 1. The zero-order valence-electron chi connectivity index (χ0n) is 15.2. The lowest BCUT2D eigenvalue weighted by molar-refractivity contribution is -0.274. The molecule has 0 aliphatic heterocycles. The van der Waals surface area contributed by atoms with Gasteiger partial charge in [-0.1, -0.05) is 17.3 Å². The Hall–Kier alpha value is -3.87. The lowest BCUT2D eigenvalue weighted by Gasteiger charge is -2.13. The van der Waals surface area contributed by atoms with E-state index in [1.165, 1.54) is 35.6 Å². The van der Waals surface area contributed by atoms with Crippen molar-refractivity contribution in [2.24, 2.45) is 0 Å². The van der Waals surface area contributed by atoms with E-state index in [0.717, 1.165) is 0 Å². The van der Waals surface area contributed by atoms with Crippen LogP contribution in [0.25, 0.3) is 32.7 Å². The zero-order valence-corrected chi connectivity index (χ0v) is 16.0. The van der Waals surface area contributed by atoms with E-state index in [2.05, 4.69) is 29.7 Å². The minimum absolute atomic E-state index is 0.0990. The van der Waals surface area contributed by atoms with Crippen LogP contribution in [0, 0.1) is 0 Å². The fraction of sp³-hybridized carbons (Fsp3) is 0.111. The molecule has 0 spiro atoms. The molecular formula is C18H11F3N4O5S. The number of nitrogens with zero attached hydrogens (tertiary/aromatic N) is 2. The molecule has 31 heavy (non-hydrogen) atoms. The Labute approximate surface area is 174 Å². The van der Waals surface area contributed by atoms with Crippen LogP contribution in [0.1, 0.15) is 5.56 Å². The summed E-state index contributed by atoms with van der Waals surface area (Å²) in [4.78, 5) is 29.2. The number of carboxylic acid groups (broad SMARTS) is 1. The van der Waals surface area contributed by atoms with E-state index in [1.54, 1.807) is 11.6 Å². The highest BCUT2D eigenvalue weighted by atomic mass is 32.1. The molecule has 0 bridgehead atoms. The van der Waals surface area contributed by atoms with E-state index in [0.29, 0.717) is 32.5 Å². The van der Waals surface area contributed by atoms with Crippen molar-refractivity contribution in [3.8, 4) is 28.3 Å². The molecule has 4 rings (SSSR count). The Kier molecular flexibility index (Phi) is 5.10. The van der Waals surface area contributed by atoms with Gasteiger partial charge in [0.25, 0.3) is 0 Å². The number of nitrogens with one attached hydrogen (secondary N) is 2. The van der Waals surface area contributed by atoms with Gasteiger partial charge in [0.05, 0.1) is 15.7 Å². The number of ether oxygens (including phenoxy) is 1. The molecule has 0 aliphatic rings. The number of carbonyl (C=O) groups is 1. The second kappa shape index (κ2) is 7.75. The van der Waals surface area contributed by atoms with Crippen LogP contribution in [0.15, 0.2) is 45.2 Å². The number of hydrogen-bond donors (Lipinski definition) is 3. The van der Waals surface area contributed by atoms with Crippen LogP contribution in [0.5, 0.6) is 5.75 Å². The normalized spacial score (nSPS) is 11.6. The summed E-state index contributed by atoms with van der Waals surface area (Å²) in [6.45, 7) is -0.129. The first-order chi connectivity index (χ1) is 14.7. The first-order valence-corrected chi connectivity index (χ1v) is 9.37. The molecule has 160 valence electrons. The van der Waals surface area contributed by atoms with Crippen molar-refractivity contribution in [3.63, 3.8) is 0 Å². The topological polar surface area (TPSA) is 130 Å². The van der Waals surface area contributed by atoms with Gasteiger partial charge in [0.1, 0.15) is 5.75 Å². The number of aromatic nitrogens is 3. The molecular weight excluding hydrogens is 441 g/mol.